The number of unbranched alkanes of at least 4 members (excludes halogenated alkanes) is 16. The Hall–Kier alpha value is -1.13. The van der Waals surface area contributed by atoms with E-state index in [-0.39, 0.29) is 11.5 Å². The zero-order chi connectivity index (χ0) is 24.0. The van der Waals surface area contributed by atoms with Crippen LogP contribution in [0, 0.1) is 6.92 Å². The van der Waals surface area contributed by atoms with E-state index in [1.165, 1.54) is 96.3 Å². The van der Waals surface area contributed by atoms with Gasteiger partial charge in [-0.3, -0.25) is 4.18 Å². The highest BCUT2D eigenvalue weighted by atomic mass is 32.2. The average Bonchev–Trinajstić information content (AvgIpc) is 2.80. The van der Waals surface area contributed by atoms with E-state index in [0.717, 1.165) is 24.8 Å². The Labute approximate surface area is 205 Å². The molecule has 0 radical (unpaired) electrons. The van der Waals surface area contributed by atoms with Crippen molar-refractivity contribution in [2.45, 2.75) is 134 Å². The Morgan fingerprint density at radius 1 is 0.636 bits per heavy atom. The molecule has 190 valence electrons. The second-order valence-electron chi connectivity index (χ2n) is 9.44. The van der Waals surface area contributed by atoms with E-state index in [9.17, 15) is 8.42 Å². The van der Waals surface area contributed by atoms with Crippen LogP contribution in [-0.4, -0.2) is 15.0 Å². The molecule has 0 N–H and O–H groups in total. The lowest BCUT2D eigenvalue weighted by Crippen LogP contribution is -2.07. The van der Waals surface area contributed by atoms with E-state index >= 15 is 0 Å². The fourth-order valence-electron chi connectivity index (χ4n) is 4.00. The molecule has 0 saturated carbocycles. The highest BCUT2D eigenvalue weighted by Crippen LogP contribution is 2.15. The molecule has 0 heterocycles. The van der Waals surface area contributed by atoms with Crippen molar-refractivity contribution < 1.29 is 12.6 Å². The summed E-state index contributed by atoms with van der Waals surface area (Å²) in [5.74, 6) is 0. The van der Waals surface area contributed by atoms with Crippen molar-refractivity contribution in [3.63, 3.8) is 0 Å². The van der Waals surface area contributed by atoms with Gasteiger partial charge in [0.25, 0.3) is 10.1 Å². The van der Waals surface area contributed by atoms with Gasteiger partial charge in [0.2, 0.25) is 0 Å². The topological polar surface area (TPSA) is 43.4 Å². The highest BCUT2D eigenvalue weighted by Gasteiger charge is 2.14. The van der Waals surface area contributed by atoms with E-state index in [4.69, 9.17) is 4.18 Å². The lowest BCUT2D eigenvalue weighted by Gasteiger charge is -2.06. The number of aryl methyl sites for hydroxylation is 1. The summed E-state index contributed by atoms with van der Waals surface area (Å²) in [6.45, 7) is 4.49. The summed E-state index contributed by atoms with van der Waals surface area (Å²) in [4.78, 5) is 0.247. The summed E-state index contributed by atoms with van der Waals surface area (Å²) in [6.07, 6.45) is 27.9. The molecule has 1 aromatic carbocycles. The van der Waals surface area contributed by atoms with Gasteiger partial charge >= 0.3 is 0 Å². The first kappa shape index (κ1) is 29.9. The number of benzene rings is 1. The number of rotatable bonds is 22. The molecule has 1 aromatic rings. The van der Waals surface area contributed by atoms with Crippen molar-refractivity contribution in [2.24, 2.45) is 0 Å². The standard InChI is InChI=1S/C29H50O3S/c1-3-4-5-6-7-8-9-10-11-12-13-14-15-16-17-18-19-20-21-22-27-32-33(30,31)29-25-23-28(2)24-26-29/h10-11,23-26H,3-9,12-22,27H2,1-2H3/b11-10-. The summed E-state index contributed by atoms with van der Waals surface area (Å²) in [7, 11) is -3.61. The summed E-state index contributed by atoms with van der Waals surface area (Å²) in [6, 6.07) is 6.81. The summed E-state index contributed by atoms with van der Waals surface area (Å²) >= 11 is 0. The van der Waals surface area contributed by atoms with Crippen LogP contribution < -0.4 is 0 Å². The molecular weight excluding hydrogens is 428 g/mol. The van der Waals surface area contributed by atoms with Crippen molar-refractivity contribution in [3.05, 3.63) is 42.0 Å². The van der Waals surface area contributed by atoms with Crippen LogP contribution in [0.1, 0.15) is 128 Å². The fourth-order valence-corrected chi connectivity index (χ4v) is 4.94. The summed E-state index contributed by atoms with van der Waals surface area (Å²) in [5, 5.41) is 0. The second kappa shape index (κ2) is 20.3. The van der Waals surface area contributed by atoms with Crippen molar-refractivity contribution in [1.82, 2.24) is 0 Å². The molecule has 3 nitrogen and oxygen atoms in total. The van der Waals surface area contributed by atoms with Crippen molar-refractivity contribution in [1.29, 1.82) is 0 Å². The minimum absolute atomic E-state index is 0.247. The minimum Gasteiger partial charge on any atom is -0.266 e. The largest absolute Gasteiger partial charge is 0.296 e. The number of hydrogen-bond acceptors (Lipinski definition) is 3. The van der Waals surface area contributed by atoms with Crippen molar-refractivity contribution >= 4 is 10.1 Å². The average molecular weight is 479 g/mol. The molecule has 4 heteroatoms. The van der Waals surface area contributed by atoms with Gasteiger partial charge in [0.15, 0.2) is 0 Å². The van der Waals surface area contributed by atoms with E-state index in [0.29, 0.717) is 0 Å². The summed E-state index contributed by atoms with van der Waals surface area (Å²) < 4.78 is 29.4. The third kappa shape index (κ3) is 17.0. The van der Waals surface area contributed by atoms with E-state index in [1.54, 1.807) is 24.3 Å². The fraction of sp³-hybridized carbons (Fsp3) is 0.724. The normalized spacial score (nSPS) is 12.1. The molecule has 0 amide bonds. The molecule has 0 aliphatic heterocycles. The first-order valence-electron chi connectivity index (χ1n) is 13.7. The molecule has 0 bridgehead atoms. The van der Waals surface area contributed by atoms with Gasteiger partial charge in [-0.15, -0.1) is 0 Å². The van der Waals surface area contributed by atoms with Crippen LogP contribution in [0.3, 0.4) is 0 Å². The van der Waals surface area contributed by atoms with Gasteiger partial charge in [-0.2, -0.15) is 8.42 Å². The van der Waals surface area contributed by atoms with Crippen LogP contribution in [0.15, 0.2) is 41.3 Å². The van der Waals surface area contributed by atoms with Gasteiger partial charge in [-0.05, 0) is 51.2 Å². The third-order valence-corrected chi connectivity index (χ3v) is 7.53. The van der Waals surface area contributed by atoms with Gasteiger partial charge in [-0.1, -0.05) is 120 Å². The second-order valence-corrected chi connectivity index (χ2v) is 11.1. The molecular formula is C29H50O3S. The third-order valence-electron chi connectivity index (χ3n) is 6.20. The molecule has 0 atom stereocenters. The minimum atomic E-state index is -3.61. The Kier molecular flexibility index (Phi) is 18.4. The Bertz CT molecular complexity index is 692. The predicted octanol–water partition coefficient (Wildman–Crippen LogP) is 9.30. The van der Waals surface area contributed by atoms with Crippen molar-refractivity contribution in [2.75, 3.05) is 6.61 Å². The molecule has 0 spiro atoms. The number of hydrogen-bond donors (Lipinski definition) is 0. The van der Waals surface area contributed by atoms with Gasteiger partial charge in [0.05, 0.1) is 11.5 Å². The Balaban J connectivity index is 1.82. The van der Waals surface area contributed by atoms with Crippen LogP contribution in [0.25, 0.3) is 0 Å². The predicted molar refractivity (Wildman–Crippen MR) is 142 cm³/mol. The molecule has 0 aliphatic rings. The molecule has 0 aromatic heterocycles. The van der Waals surface area contributed by atoms with Crippen LogP contribution in [0.5, 0.6) is 0 Å². The SMILES string of the molecule is CCCCCCCC/C=C\CCCCCCCCCCCCOS(=O)(=O)c1ccc(C)cc1. The van der Waals surface area contributed by atoms with Crippen molar-refractivity contribution in [3.8, 4) is 0 Å². The quantitative estimate of drug-likeness (QED) is 0.0947. The molecule has 1 rings (SSSR count). The maximum Gasteiger partial charge on any atom is 0.296 e. The van der Waals surface area contributed by atoms with Crippen LogP contribution >= 0.6 is 0 Å². The molecule has 0 saturated heterocycles. The smallest absolute Gasteiger partial charge is 0.266 e. The number of allylic oxidation sites excluding steroid dienone is 2. The maximum atomic E-state index is 12.1. The van der Waals surface area contributed by atoms with E-state index in [1.807, 2.05) is 6.92 Å². The lowest BCUT2D eigenvalue weighted by atomic mass is 10.1. The Morgan fingerprint density at radius 3 is 1.55 bits per heavy atom. The molecule has 0 aliphatic carbocycles. The molecule has 33 heavy (non-hydrogen) atoms. The monoisotopic (exact) mass is 478 g/mol. The zero-order valence-electron chi connectivity index (χ0n) is 21.5. The van der Waals surface area contributed by atoms with Gasteiger partial charge in [0.1, 0.15) is 0 Å². The summed E-state index contributed by atoms with van der Waals surface area (Å²) in [5.41, 5.74) is 1.04. The van der Waals surface area contributed by atoms with Crippen LogP contribution in [0.2, 0.25) is 0 Å². The molecule has 0 unspecified atom stereocenters. The van der Waals surface area contributed by atoms with Gasteiger partial charge < -0.3 is 0 Å². The van der Waals surface area contributed by atoms with E-state index < -0.39 is 10.1 Å². The van der Waals surface area contributed by atoms with Crippen LogP contribution in [-0.2, 0) is 14.3 Å². The first-order chi connectivity index (χ1) is 16.1. The zero-order valence-corrected chi connectivity index (χ0v) is 22.3. The Morgan fingerprint density at radius 2 is 1.06 bits per heavy atom. The first-order valence-corrected chi connectivity index (χ1v) is 15.1. The highest BCUT2D eigenvalue weighted by molar-refractivity contribution is 7.86. The van der Waals surface area contributed by atoms with E-state index in [2.05, 4.69) is 19.1 Å². The molecule has 0 fully saturated rings. The van der Waals surface area contributed by atoms with Gasteiger partial charge in [0, 0.05) is 0 Å². The lowest BCUT2D eigenvalue weighted by molar-refractivity contribution is 0.306. The van der Waals surface area contributed by atoms with Gasteiger partial charge in [-0.25, -0.2) is 0 Å². The maximum absolute atomic E-state index is 12.1. The van der Waals surface area contributed by atoms with Crippen LogP contribution in [0.4, 0.5) is 0 Å².